The molecule has 104 valence electrons. The molecule has 20 heavy (non-hydrogen) atoms. The van der Waals surface area contributed by atoms with Gasteiger partial charge in [0.25, 0.3) is 0 Å². The Morgan fingerprint density at radius 3 is 2.90 bits per heavy atom. The molecule has 3 aromatic rings. The molecule has 0 aliphatic heterocycles. The Morgan fingerprint density at radius 1 is 1.25 bits per heavy atom. The van der Waals surface area contributed by atoms with Crippen molar-refractivity contribution in [3.05, 3.63) is 41.2 Å². The zero-order chi connectivity index (χ0) is 13.9. The van der Waals surface area contributed by atoms with Crippen molar-refractivity contribution < 1.29 is 0 Å². The van der Waals surface area contributed by atoms with E-state index in [1.807, 2.05) is 12.3 Å². The van der Waals surface area contributed by atoms with E-state index in [2.05, 4.69) is 46.9 Å². The van der Waals surface area contributed by atoms with Gasteiger partial charge < -0.3 is 9.88 Å². The van der Waals surface area contributed by atoms with E-state index in [1.54, 1.807) is 11.3 Å². The van der Waals surface area contributed by atoms with E-state index in [0.717, 1.165) is 36.0 Å². The number of aromatic nitrogens is 3. The monoisotopic (exact) mass is 286 g/mol. The molecule has 2 heterocycles. The van der Waals surface area contributed by atoms with Gasteiger partial charge in [-0.05, 0) is 19.1 Å². The number of nitrogens with zero attached hydrogens (tertiary/aromatic N) is 3. The summed E-state index contributed by atoms with van der Waals surface area (Å²) in [7, 11) is 0. The van der Waals surface area contributed by atoms with Gasteiger partial charge in [0.05, 0.1) is 17.6 Å². The van der Waals surface area contributed by atoms with E-state index in [0.29, 0.717) is 0 Å². The Balaban J connectivity index is 1.96. The Kier molecular flexibility index (Phi) is 3.69. The summed E-state index contributed by atoms with van der Waals surface area (Å²) in [6.07, 6.45) is 2.89. The maximum atomic E-state index is 4.70. The van der Waals surface area contributed by atoms with Crippen molar-refractivity contribution in [2.45, 2.75) is 26.8 Å². The van der Waals surface area contributed by atoms with Gasteiger partial charge in [0, 0.05) is 24.0 Å². The first-order valence-electron chi connectivity index (χ1n) is 6.94. The highest BCUT2D eigenvalue weighted by Crippen LogP contribution is 2.23. The molecule has 4 nitrogen and oxygen atoms in total. The molecule has 0 saturated carbocycles. The fraction of sp³-hybridized carbons (Fsp3) is 0.333. The van der Waals surface area contributed by atoms with Gasteiger partial charge in [-0.15, -0.1) is 11.3 Å². The average molecular weight is 286 g/mol. The lowest BCUT2D eigenvalue weighted by molar-refractivity contribution is 0.760. The Morgan fingerprint density at radius 2 is 2.10 bits per heavy atom. The quantitative estimate of drug-likeness (QED) is 0.780. The topological polar surface area (TPSA) is 42.7 Å². The number of thiazole rings is 1. The first-order valence-corrected chi connectivity index (χ1v) is 7.76. The van der Waals surface area contributed by atoms with Crippen molar-refractivity contribution in [2.75, 3.05) is 11.9 Å². The number of anilines is 1. The summed E-state index contributed by atoms with van der Waals surface area (Å²) in [5.74, 6) is 1.13. The lowest BCUT2D eigenvalue weighted by Crippen LogP contribution is -2.03. The van der Waals surface area contributed by atoms with Crippen LogP contribution in [0.2, 0.25) is 0 Å². The Labute approximate surface area is 122 Å². The number of nitrogens with one attached hydrogen (secondary N) is 1. The third-order valence-corrected chi connectivity index (χ3v) is 4.19. The molecule has 0 radical (unpaired) electrons. The highest BCUT2D eigenvalue weighted by molar-refractivity contribution is 7.15. The summed E-state index contributed by atoms with van der Waals surface area (Å²) >= 11 is 1.71. The molecular weight excluding hydrogens is 268 g/mol. The summed E-state index contributed by atoms with van der Waals surface area (Å²) in [5.41, 5.74) is 2.27. The van der Waals surface area contributed by atoms with Crippen molar-refractivity contribution in [3.63, 3.8) is 0 Å². The van der Waals surface area contributed by atoms with Gasteiger partial charge in [0.15, 0.2) is 5.13 Å². The number of rotatable bonds is 5. The van der Waals surface area contributed by atoms with Crippen LogP contribution in [0.3, 0.4) is 0 Å². The van der Waals surface area contributed by atoms with Gasteiger partial charge in [0.2, 0.25) is 0 Å². The van der Waals surface area contributed by atoms with Crippen LogP contribution < -0.4 is 5.32 Å². The predicted octanol–water partition coefficient (Wildman–Crippen LogP) is 3.54. The van der Waals surface area contributed by atoms with Crippen LogP contribution in [0.25, 0.3) is 11.0 Å². The van der Waals surface area contributed by atoms with Gasteiger partial charge in [-0.3, -0.25) is 0 Å². The number of para-hydroxylation sites is 2. The number of hydrogen-bond acceptors (Lipinski definition) is 4. The van der Waals surface area contributed by atoms with Crippen LogP contribution in [-0.4, -0.2) is 21.1 Å². The van der Waals surface area contributed by atoms with Gasteiger partial charge in [0.1, 0.15) is 5.82 Å². The van der Waals surface area contributed by atoms with Crippen LogP contribution in [0.5, 0.6) is 0 Å². The minimum absolute atomic E-state index is 0.840. The number of imidazole rings is 1. The lowest BCUT2D eigenvalue weighted by Gasteiger charge is -2.05. The SMILES string of the molecule is CCNc1ncc(Cn2c(CC)nc3ccccc32)s1. The number of aryl methyl sites for hydroxylation is 1. The molecule has 1 N–H and O–H groups in total. The minimum atomic E-state index is 0.840. The second-order valence-electron chi connectivity index (χ2n) is 4.62. The van der Waals surface area contributed by atoms with Crippen molar-refractivity contribution in [1.29, 1.82) is 0 Å². The van der Waals surface area contributed by atoms with E-state index in [-0.39, 0.29) is 0 Å². The summed E-state index contributed by atoms with van der Waals surface area (Å²) < 4.78 is 2.29. The van der Waals surface area contributed by atoms with Crippen molar-refractivity contribution >= 4 is 27.5 Å². The molecule has 0 spiro atoms. The molecular formula is C15H18N4S. The minimum Gasteiger partial charge on any atom is -0.362 e. The Hall–Kier alpha value is -1.88. The van der Waals surface area contributed by atoms with Crippen LogP contribution in [-0.2, 0) is 13.0 Å². The van der Waals surface area contributed by atoms with Crippen molar-refractivity contribution in [2.24, 2.45) is 0 Å². The molecule has 0 fully saturated rings. The summed E-state index contributed by atoms with van der Waals surface area (Å²) in [5, 5.41) is 4.25. The third kappa shape index (κ3) is 2.41. The van der Waals surface area contributed by atoms with Crippen LogP contribution in [0, 0.1) is 0 Å². The summed E-state index contributed by atoms with van der Waals surface area (Å²) in [6, 6.07) is 8.31. The lowest BCUT2D eigenvalue weighted by atomic mass is 10.3. The van der Waals surface area contributed by atoms with Crippen LogP contribution >= 0.6 is 11.3 Å². The number of hydrogen-bond donors (Lipinski definition) is 1. The van der Waals surface area contributed by atoms with Crippen molar-refractivity contribution in [3.8, 4) is 0 Å². The van der Waals surface area contributed by atoms with E-state index >= 15 is 0 Å². The van der Waals surface area contributed by atoms with E-state index in [9.17, 15) is 0 Å². The first-order chi connectivity index (χ1) is 9.81. The highest BCUT2D eigenvalue weighted by Gasteiger charge is 2.10. The normalized spacial score (nSPS) is 11.1. The predicted molar refractivity (Wildman–Crippen MR) is 84.5 cm³/mol. The van der Waals surface area contributed by atoms with Gasteiger partial charge in [-0.1, -0.05) is 19.1 Å². The molecule has 0 bridgehead atoms. The molecule has 0 aliphatic rings. The highest BCUT2D eigenvalue weighted by atomic mass is 32.1. The van der Waals surface area contributed by atoms with Gasteiger partial charge >= 0.3 is 0 Å². The smallest absolute Gasteiger partial charge is 0.182 e. The molecule has 0 amide bonds. The fourth-order valence-corrected chi connectivity index (χ4v) is 3.21. The number of fused-ring (bicyclic) bond motifs is 1. The molecule has 0 saturated heterocycles. The van der Waals surface area contributed by atoms with Crippen LogP contribution in [0.4, 0.5) is 5.13 Å². The molecule has 0 unspecified atom stereocenters. The molecule has 2 aromatic heterocycles. The average Bonchev–Trinajstić information content (AvgIpc) is 3.05. The molecule has 0 atom stereocenters. The fourth-order valence-electron chi connectivity index (χ4n) is 2.34. The third-order valence-electron chi connectivity index (χ3n) is 3.25. The molecule has 5 heteroatoms. The second-order valence-corrected chi connectivity index (χ2v) is 5.73. The standard InChI is InChI=1S/C15H18N4S/c1-3-14-18-12-7-5-6-8-13(12)19(14)10-11-9-17-15(20-11)16-4-2/h5-9H,3-4,10H2,1-2H3,(H,16,17). The van der Waals surface area contributed by atoms with Crippen molar-refractivity contribution in [1.82, 2.24) is 14.5 Å². The first kappa shape index (κ1) is 13.1. The van der Waals surface area contributed by atoms with E-state index in [4.69, 9.17) is 4.98 Å². The maximum absolute atomic E-state index is 4.70. The van der Waals surface area contributed by atoms with Gasteiger partial charge in [-0.25, -0.2) is 9.97 Å². The maximum Gasteiger partial charge on any atom is 0.182 e. The van der Waals surface area contributed by atoms with E-state index < -0.39 is 0 Å². The zero-order valence-electron chi connectivity index (χ0n) is 11.8. The summed E-state index contributed by atoms with van der Waals surface area (Å²) in [6.45, 7) is 5.97. The zero-order valence-corrected chi connectivity index (χ0v) is 12.6. The molecule has 3 rings (SSSR count). The van der Waals surface area contributed by atoms with Crippen LogP contribution in [0.15, 0.2) is 30.5 Å². The largest absolute Gasteiger partial charge is 0.362 e. The molecule has 0 aliphatic carbocycles. The molecule has 1 aromatic carbocycles. The van der Waals surface area contributed by atoms with Crippen LogP contribution in [0.1, 0.15) is 24.5 Å². The number of benzene rings is 1. The van der Waals surface area contributed by atoms with E-state index in [1.165, 1.54) is 10.4 Å². The second kappa shape index (κ2) is 5.63. The Bertz CT molecular complexity index is 714. The van der Waals surface area contributed by atoms with Gasteiger partial charge in [-0.2, -0.15) is 0 Å². The summed E-state index contributed by atoms with van der Waals surface area (Å²) in [4.78, 5) is 10.3.